The minimum Gasteiger partial charge on any atom is -0.325 e. The van der Waals surface area contributed by atoms with Crippen molar-refractivity contribution in [3.63, 3.8) is 0 Å². The fourth-order valence-electron chi connectivity index (χ4n) is 2.80. The van der Waals surface area contributed by atoms with Gasteiger partial charge in [0.25, 0.3) is 0 Å². The molecule has 1 aromatic heterocycles. The van der Waals surface area contributed by atoms with Crippen molar-refractivity contribution in [2.45, 2.75) is 45.1 Å². The molecule has 90 valence electrons. The topological polar surface area (TPSA) is 43.8 Å². The monoisotopic (exact) mass is 241 g/mol. The molecule has 1 heterocycles. The van der Waals surface area contributed by atoms with Crippen molar-refractivity contribution in [3.05, 3.63) is 16.4 Å². The van der Waals surface area contributed by atoms with Gasteiger partial charge in [-0.05, 0) is 32.1 Å². The Balaban J connectivity index is 2.21. The van der Waals surface area contributed by atoms with Crippen molar-refractivity contribution in [1.82, 2.24) is 9.78 Å². The maximum absolute atomic E-state index is 6.43. The summed E-state index contributed by atoms with van der Waals surface area (Å²) in [4.78, 5) is 0. The summed E-state index contributed by atoms with van der Waals surface area (Å²) < 4.78 is 1.87. The van der Waals surface area contributed by atoms with Crippen molar-refractivity contribution in [1.29, 1.82) is 0 Å². The van der Waals surface area contributed by atoms with Gasteiger partial charge < -0.3 is 5.73 Å². The highest BCUT2D eigenvalue weighted by molar-refractivity contribution is 6.31. The lowest BCUT2D eigenvalue weighted by atomic mass is 9.91. The Labute approximate surface area is 102 Å². The summed E-state index contributed by atoms with van der Waals surface area (Å²) in [7, 11) is 1.94. The average molecular weight is 242 g/mol. The van der Waals surface area contributed by atoms with Crippen LogP contribution in [-0.4, -0.2) is 15.3 Å². The number of hydrogen-bond donors (Lipinski definition) is 1. The molecule has 0 radical (unpaired) electrons. The zero-order valence-corrected chi connectivity index (χ0v) is 11.0. The number of halogens is 1. The molecule has 2 atom stereocenters. The lowest BCUT2D eigenvalue weighted by Crippen LogP contribution is -2.39. The minimum atomic E-state index is -0.0801. The van der Waals surface area contributed by atoms with Crippen molar-refractivity contribution in [2.24, 2.45) is 18.7 Å². The van der Waals surface area contributed by atoms with Crippen LogP contribution in [0.1, 0.15) is 37.6 Å². The smallest absolute Gasteiger partial charge is 0.0847 e. The molecule has 0 bridgehead atoms. The molecule has 2 rings (SSSR count). The highest BCUT2D eigenvalue weighted by atomic mass is 35.5. The van der Waals surface area contributed by atoms with Gasteiger partial charge in [-0.2, -0.15) is 5.10 Å². The lowest BCUT2D eigenvalue weighted by molar-refractivity contribution is 0.408. The second-order valence-electron chi connectivity index (χ2n) is 5.36. The Morgan fingerprint density at radius 1 is 1.62 bits per heavy atom. The molecule has 2 N–H and O–H groups in total. The van der Waals surface area contributed by atoms with Gasteiger partial charge >= 0.3 is 0 Å². The number of nitrogens with two attached hydrogens (primary N) is 1. The highest BCUT2D eigenvalue weighted by Gasteiger charge is 2.35. The van der Waals surface area contributed by atoms with E-state index >= 15 is 0 Å². The van der Waals surface area contributed by atoms with E-state index in [0.717, 1.165) is 41.6 Å². The van der Waals surface area contributed by atoms with Crippen molar-refractivity contribution >= 4 is 11.6 Å². The van der Waals surface area contributed by atoms with Gasteiger partial charge in [0.2, 0.25) is 0 Å². The number of nitrogens with zero attached hydrogens (tertiary/aromatic N) is 2. The summed E-state index contributed by atoms with van der Waals surface area (Å²) in [6.07, 6.45) is 4.25. The van der Waals surface area contributed by atoms with Crippen molar-refractivity contribution < 1.29 is 0 Å². The first kappa shape index (κ1) is 11.9. The summed E-state index contributed by atoms with van der Waals surface area (Å²) in [6.45, 7) is 4.21. The number of aryl methyl sites for hydroxylation is 2. The third-order valence-corrected chi connectivity index (χ3v) is 4.16. The lowest BCUT2D eigenvalue weighted by Gasteiger charge is -2.24. The van der Waals surface area contributed by atoms with Crippen LogP contribution in [0.2, 0.25) is 5.02 Å². The fourth-order valence-corrected chi connectivity index (χ4v) is 3.03. The predicted molar refractivity (Wildman–Crippen MR) is 66.6 cm³/mol. The number of rotatable bonds is 2. The zero-order chi connectivity index (χ0) is 11.9. The van der Waals surface area contributed by atoms with E-state index < -0.39 is 0 Å². The van der Waals surface area contributed by atoms with Crippen LogP contribution in [0, 0.1) is 12.8 Å². The van der Waals surface area contributed by atoms with Crippen molar-refractivity contribution in [2.75, 3.05) is 0 Å². The molecule has 16 heavy (non-hydrogen) atoms. The van der Waals surface area contributed by atoms with Gasteiger partial charge in [-0.3, -0.25) is 4.68 Å². The van der Waals surface area contributed by atoms with Gasteiger partial charge in [-0.15, -0.1) is 0 Å². The Bertz CT molecular complexity index is 399. The molecule has 1 aromatic rings. The van der Waals surface area contributed by atoms with Crippen LogP contribution in [0.15, 0.2) is 0 Å². The molecule has 1 fully saturated rings. The molecule has 4 heteroatoms. The fraction of sp³-hybridized carbons (Fsp3) is 0.750. The zero-order valence-electron chi connectivity index (χ0n) is 10.3. The van der Waals surface area contributed by atoms with Gasteiger partial charge in [0.1, 0.15) is 0 Å². The highest BCUT2D eigenvalue weighted by Crippen LogP contribution is 2.36. The van der Waals surface area contributed by atoms with Crippen LogP contribution in [0.4, 0.5) is 0 Å². The largest absolute Gasteiger partial charge is 0.325 e. The van der Waals surface area contributed by atoms with E-state index in [1.54, 1.807) is 0 Å². The normalized spacial score (nSPS) is 29.9. The van der Waals surface area contributed by atoms with Gasteiger partial charge in [0, 0.05) is 19.0 Å². The first-order valence-corrected chi connectivity index (χ1v) is 6.26. The average Bonchev–Trinajstić information content (AvgIpc) is 2.63. The van der Waals surface area contributed by atoms with E-state index in [1.807, 2.05) is 18.7 Å². The first-order valence-electron chi connectivity index (χ1n) is 5.88. The van der Waals surface area contributed by atoms with Crippen LogP contribution >= 0.6 is 11.6 Å². The molecule has 0 amide bonds. The van der Waals surface area contributed by atoms with E-state index in [-0.39, 0.29) is 5.54 Å². The molecule has 0 aliphatic heterocycles. The molecule has 2 unspecified atom stereocenters. The molecule has 0 aromatic carbocycles. The van der Waals surface area contributed by atoms with Crippen LogP contribution in [-0.2, 0) is 13.5 Å². The van der Waals surface area contributed by atoms with Crippen LogP contribution < -0.4 is 5.73 Å². The molecule has 1 saturated carbocycles. The Kier molecular flexibility index (Phi) is 3.01. The molecule has 0 spiro atoms. The molecular formula is C12H20ClN3. The van der Waals surface area contributed by atoms with Crippen LogP contribution in [0.3, 0.4) is 0 Å². The first-order chi connectivity index (χ1) is 7.41. The third-order valence-electron chi connectivity index (χ3n) is 3.67. The quantitative estimate of drug-likeness (QED) is 0.865. The van der Waals surface area contributed by atoms with E-state index in [1.165, 1.54) is 6.42 Å². The maximum Gasteiger partial charge on any atom is 0.0847 e. The Morgan fingerprint density at radius 3 is 2.75 bits per heavy atom. The van der Waals surface area contributed by atoms with Gasteiger partial charge in [0.15, 0.2) is 0 Å². The minimum absolute atomic E-state index is 0.0801. The van der Waals surface area contributed by atoms with Crippen molar-refractivity contribution in [3.8, 4) is 0 Å². The summed E-state index contributed by atoms with van der Waals surface area (Å²) in [5.41, 5.74) is 8.33. The summed E-state index contributed by atoms with van der Waals surface area (Å²) in [6, 6.07) is 0. The molecule has 3 nitrogen and oxygen atoms in total. The summed E-state index contributed by atoms with van der Waals surface area (Å²) in [5, 5.41) is 5.12. The van der Waals surface area contributed by atoms with E-state index in [9.17, 15) is 0 Å². The number of aromatic nitrogens is 2. The molecule has 1 aliphatic rings. The van der Waals surface area contributed by atoms with Crippen LogP contribution in [0.5, 0.6) is 0 Å². The maximum atomic E-state index is 6.43. The summed E-state index contributed by atoms with van der Waals surface area (Å²) >= 11 is 6.25. The third kappa shape index (κ3) is 2.11. The van der Waals surface area contributed by atoms with Gasteiger partial charge in [0.05, 0.1) is 16.4 Å². The molecular weight excluding hydrogens is 222 g/mol. The standard InChI is InChI=1S/C12H20ClN3/c1-8-4-5-12(14,6-8)7-10-11(13)9(2)15-16(10)3/h8H,4-7,14H2,1-3H3. The molecule has 0 saturated heterocycles. The molecule has 1 aliphatic carbocycles. The summed E-state index contributed by atoms with van der Waals surface area (Å²) in [5.74, 6) is 0.734. The number of hydrogen-bond acceptors (Lipinski definition) is 2. The Hall–Kier alpha value is -0.540. The predicted octanol–water partition coefficient (Wildman–Crippen LogP) is 2.44. The van der Waals surface area contributed by atoms with Gasteiger partial charge in [-0.25, -0.2) is 0 Å². The van der Waals surface area contributed by atoms with Gasteiger partial charge in [-0.1, -0.05) is 18.5 Å². The van der Waals surface area contributed by atoms with Crippen LogP contribution in [0.25, 0.3) is 0 Å². The SMILES string of the molecule is Cc1nn(C)c(CC2(N)CCC(C)C2)c1Cl. The Morgan fingerprint density at radius 2 is 2.31 bits per heavy atom. The van der Waals surface area contributed by atoms with E-state index in [4.69, 9.17) is 17.3 Å². The van der Waals surface area contributed by atoms with E-state index in [2.05, 4.69) is 12.0 Å². The second-order valence-corrected chi connectivity index (χ2v) is 5.73. The second kappa shape index (κ2) is 4.04. The van der Waals surface area contributed by atoms with E-state index in [0.29, 0.717) is 0 Å².